The van der Waals surface area contributed by atoms with Gasteiger partial charge in [0.2, 0.25) is 15.9 Å². The van der Waals surface area contributed by atoms with E-state index in [9.17, 15) is 18.0 Å². The third kappa shape index (κ3) is 3.25. The number of hydrogen-bond acceptors (Lipinski definition) is 6. The first-order valence-corrected chi connectivity index (χ1v) is 12.6. The number of nitrogens with zero attached hydrogens (tertiary/aromatic N) is 1. The van der Waals surface area contributed by atoms with Gasteiger partial charge in [-0.25, -0.2) is 13.1 Å². The number of rotatable bonds is 4. The Morgan fingerprint density at radius 3 is 2.70 bits per heavy atom. The van der Waals surface area contributed by atoms with Crippen molar-refractivity contribution in [3.63, 3.8) is 0 Å². The second-order valence-corrected chi connectivity index (χ2v) is 10.8. The summed E-state index contributed by atoms with van der Waals surface area (Å²) in [6.07, 6.45) is 0.369. The molecule has 2 aromatic heterocycles. The lowest BCUT2D eigenvalue weighted by molar-refractivity contribution is -0.120. The minimum atomic E-state index is -3.76. The maximum atomic E-state index is 13.3. The molecule has 1 aromatic carbocycles. The monoisotopic (exact) mass is 459 g/mol. The Hall–Kier alpha value is -2.53. The van der Waals surface area contributed by atoms with Crippen molar-refractivity contribution in [2.24, 2.45) is 0 Å². The smallest absolute Gasteiger partial charge is 0.256 e. The second-order valence-electron chi connectivity index (χ2n) is 7.15. The first kappa shape index (κ1) is 19.4. The van der Waals surface area contributed by atoms with Crippen LogP contribution in [0.3, 0.4) is 0 Å². The SMILES string of the molecule is O=C1Nc2ccc(-c3ccsc3)cc2C(=O)N2CC[C@@H](NS(=O)(=O)c3cccs3)[C@@H]12. The van der Waals surface area contributed by atoms with E-state index in [1.165, 1.54) is 11.0 Å². The van der Waals surface area contributed by atoms with Crippen molar-refractivity contribution in [2.75, 3.05) is 11.9 Å². The third-order valence-corrected chi connectivity index (χ3v) is 8.93. The first-order chi connectivity index (χ1) is 14.4. The zero-order valence-corrected chi connectivity index (χ0v) is 18.0. The second kappa shape index (κ2) is 7.31. The van der Waals surface area contributed by atoms with Gasteiger partial charge in [-0.15, -0.1) is 11.3 Å². The minimum Gasteiger partial charge on any atom is -0.325 e. The maximum Gasteiger partial charge on any atom is 0.256 e. The molecule has 2 aliphatic rings. The van der Waals surface area contributed by atoms with Crippen LogP contribution in [0.15, 0.2) is 56.7 Å². The van der Waals surface area contributed by atoms with E-state index in [0.717, 1.165) is 22.5 Å². The molecular weight excluding hydrogens is 442 g/mol. The van der Waals surface area contributed by atoms with E-state index in [4.69, 9.17) is 0 Å². The molecule has 154 valence electrons. The van der Waals surface area contributed by atoms with Crippen LogP contribution in [0.25, 0.3) is 11.1 Å². The van der Waals surface area contributed by atoms with Crippen LogP contribution < -0.4 is 10.0 Å². The lowest BCUT2D eigenvalue weighted by atomic mass is 10.0. The molecule has 0 aliphatic carbocycles. The highest BCUT2D eigenvalue weighted by atomic mass is 32.2. The van der Waals surface area contributed by atoms with Gasteiger partial charge in [-0.3, -0.25) is 9.59 Å². The summed E-state index contributed by atoms with van der Waals surface area (Å²) in [6, 6.07) is 8.93. The van der Waals surface area contributed by atoms with Crippen LogP contribution in [-0.2, 0) is 14.8 Å². The molecule has 2 aliphatic heterocycles. The zero-order valence-electron chi connectivity index (χ0n) is 15.6. The van der Waals surface area contributed by atoms with Crippen molar-refractivity contribution in [3.8, 4) is 11.1 Å². The molecule has 2 atom stereocenters. The Morgan fingerprint density at radius 1 is 1.10 bits per heavy atom. The number of nitrogens with one attached hydrogen (secondary N) is 2. The lowest BCUT2D eigenvalue weighted by Crippen LogP contribution is -2.51. The maximum absolute atomic E-state index is 13.3. The molecule has 5 rings (SSSR count). The van der Waals surface area contributed by atoms with Gasteiger partial charge in [0.15, 0.2) is 0 Å². The van der Waals surface area contributed by atoms with E-state index in [2.05, 4.69) is 10.0 Å². The summed E-state index contributed by atoms with van der Waals surface area (Å²) in [6.45, 7) is 0.302. The van der Waals surface area contributed by atoms with Gasteiger partial charge in [0.25, 0.3) is 5.91 Å². The van der Waals surface area contributed by atoms with Gasteiger partial charge < -0.3 is 10.2 Å². The van der Waals surface area contributed by atoms with E-state index >= 15 is 0 Å². The first-order valence-electron chi connectivity index (χ1n) is 9.28. The number of amides is 2. The van der Waals surface area contributed by atoms with Crippen molar-refractivity contribution in [2.45, 2.75) is 22.7 Å². The summed E-state index contributed by atoms with van der Waals surface area (Å²) in [5.41, 5.74) is 2.76. The van der Waals surface area contributed by atoms with Crippen LogP contribution in [0, 0.1) is 0 Å². The van der Waals surface area contributed by atoms with Gasteiger partial charge in [0, 0.05) is 6.54 Å². The predicted molar refractivity (Wildman–Crippen MR) is 116 cm³/mol. The fourth-order valence-corrected chi connectivity index (χ4v) is 6.89. The molecule has 2 N–H and O–H groups in total. The number of benzene rings is 1. The number of anilines is 1. The fraction of sp³-hybridized carbons (Fsp3) is 0.200. The molecule has 4 heterocycles. The van der Waals surface area contributed by atoms with Gasteiger partial charge in [-0.05, 0) is 58.0 Å². The molecule has 0 radical (unpaired) electrons. The van der Waals surface area contributed by atoms with E-state index in [0.29, 0.717) is 24.2 Å². The average Bonchev–Trinajstić information content (AvgIpc) is 3.47. The molecule has 2 amide bonds. The average molecular weight is 460 g/mol. The Kier molecular flexibility index (Phi) is 4.73. The molecule has 7 nitrogen and oxygen atoms in total. The molecule has 0 saturated carbocycles. The summed E-state index contributed by atoms with van der Waals surface area (Å²) in [4.78, 5) is 27.7. The van der Waals surface area contributed by atoms with Crippen molar-refractivity contribution in [3.05, 3.63) is 58.1 Å². The van der Waals surface area contributed by atoms with E-state index < -0.39 is 22.1 Å². The lowest BCUT2D eigenvalue weighted by Gasteiger charge is -2.24. The number of carbonyl (C=O) groups excluding carboxylic acids is 2. The van der Waals surface area contributed by atoms with Gasteiger partial charge in [-0.1, -0.05) is 12.1 Å². The number of thiophene rings is 2. The van der Waals surface area contributed by atoms with Gasteiger partial charge in [0.1, 0.15) is 10.3 Å². The van der Waals surface area contributed by atoms with Crippen molar-refractivity contribution >= 4 is 50.2 Å². The van der Waals surface area contributed by atoms with Gasteiger partial charge in [0.05, 0.1) is 17.3 Å². The predicted octanol–water partition coefficient (Wildman–Crippen LogP) is 2.99. The quantitative estimate of drug-likeness (QED) is 0.627. The van der Waals surface area contributed by atoms with Crippen LogP contribution in [0.4, 0.5) is 5.69 Å². The molecular formula is C20H17N3O4S3. The Labute approximate surface area is 181 Å². The van der Waals surface area contributed by atoms with Crippen molar-refractivity contribution < 1.29 is 18.0 Å². The highest BCUT2D eigenvalue weighted by molar-refractivity contribution is 7.91. The molecule has 3 aromatic rings. The minimum absolute atomic E-state index is 0.185. The highest BCUT2D eigenvalue weighted by Crippen LogP contribution is 2.33. The number of fused-ring (bicyclic) bond motifs is 2. The zero-order chi connectivity index (χ0) is 20.9. The van der Waals surface area contributed by atoms with Crippen LogP contribution in [0.2, 0.25) is 0 Å². The summed E-state index contributed by atoms with van der Waals surface area (Å²) in [5, 5.41) is 8.46. The van der Waals surface area contributed by atoms with E-state index in [1.807, 2.05) is 22.9 Å². The van der Waals surface area contributed by atoms with Gasteiger partial charge >= 0.3 is 0 Å². The van der Waals surface area contributed by atoms with Crippen LogP contribution in [-0.4, -0.2) is 43.8 Å². The summed E-state index contributed by atoms with van der Waals surface area (Å²) < 4.78 is 28.1. The summed E-state index contributed by atoms with van der Waals surface area (Å²) in [5.74, 6) is -0.662. The third-order valence-electron chi connectivity index (χ3n) is 5.36. The van der Waals surface area contributed by atoms with Crippen LogP contribution in [0.1, 0.15) is 16.8 Å². The Morgan fingerprint density at radius 2 is 1.97 bits per heavy atom. The topological polar surface area (TPSA) is 95.6 Å². The molecule has 0 bridgehead atoms. The largest absolute Gasteiger partial charge is 0.325 e. The van der Waals surface area contributed by atoms with Crippen LogP contribution >= 0.6 is 22.7 Å². The molecule has 0 unspecified atom stereocenters. The fourth-order valence-electron chi connectivity index (χ4n) is 3.94. The van der Waals surface area contributed by atoms with E-state index in [1.54, 1.807) is 34.9 Å². The van der Waals surface area contributed by atoms with Crippen molar-refractivity contribution in [1.29, 1.82) is 0 Å². The molecule has 0 spiro atoms. The Balaban J connectivity index is 1.47. The molecule has 1 fully saturated rings. The normalized spacial score (nSPS) is 21.1. The number of carbonyl (C=O) groups is 2. The number of hydrogen-bond donors (Lipinski definition) is 2. The Bertz CT molecular complexity index is 1220. The van der Waals surface area contributed by atoms with E-state index in [-0.39, 0.29) is 16.0 Å². The van der Waals surface area contributed by atoms with Gasteiger partial charge in [-0.2, -0.15) is 11.3 Å². The number of sulfonamides is 1. The molecule has 1 saturated heterocycles. The van der Waals surface area contributed by atoms with Crippen molar-refractivity contribution in [1.82, 2.24) is 9.62 Å². The highest BCUT2D eigenvalue weighted by Gasteiger charge is 2.46. The molecule has 10 heteroatoms. The van der Waals surface area contributed by atoms with Crippen LogP contribution in [0.5, 0.6) is 0 Å². The summed E-state index contributed by atoms with van der Waals surface area (Å²) >= 11 is 2.67. The molecule has 30 heavy (non-hydrogen) atoms. The standard InChI is InChI=1S/C20H17N3O4S3/c24-19-18-16(22-30(26,27)17-2-1-8-29-17)5-7-23(18)20(25)14-10-12(3-4-15(14)21-19)13-6-9-28-11-13/h1-4,6,8-11,16,18,22H,5,7H2,(H,21,24)/t16-,18+/m1/s1. The summed E-state index contributed by atoms with van der Waals surface area (Å²) in [7, 11) is -3.76.